The van der Waals surface area contributed by atoms with E-state index in [1.165, 1.54) is 0 Å². The first kappa shape index (κ1) is 56.9. The molecule has 0 aliphatic heterocycles. The molecule has 0 heterocycles. The molecule has 0 saturated carbocycles. The third-order valence-electron chi connectivity index (χ3n) is 0.556. The Morgan fingerprint density at radius 2 is 1.00 bits per heavy atom. The first-order valence-electron chi connectivity index (χ1n) is 4.95. The van der Waals surface area contributed by atoms with Gasteiger partial charge in [-0.05, 0) is 0 Å². The standard InChI is InChI=1S/C5H5.C4H10N.C2H7Si.6CH3.2ClH.Ti/c1-2-4-5-3-1;1-4(2,3)5;1-3-2;;;;;;;;;/h1-5H;5H,1-3H3;3H,1-2H3;6*1H3;2*1H;/q2*-1;;6*-1;;;+2/p-2. The summed E-state index contributed by atoms with van der Waals surface area (Å²) >= 11 is -0.556. The van der Waals surface area contributed by atoms with Gasteiger partial charge in [-0.3, -0.25) is 0 Å². The minimum absolute atomic E-state index is 0. The molecule has 0 unspecified atom stereocenters. The largest absolute Gasteiger partial charge is 0.214 e. The molecule has 0 aromatic heterocycles. The van der Waals surface area contributed by atoms with Crippen molar-refractivity contribution >= 4 is 28.1 Å². The summed E-state index contributed by atoms with van der Waals surface area (Å²) in [7, 11) is 10.5. The topological polar surface area (TPSA) is 23.8 Å². The maximum absolute atomic E-state index is 6.94. The molecule has 5 heteroatoms. The molecule has 0 amide bonds. The van der Waals surface area contributed by atoms with Gasteiger partial charge < -0.3 is 50.3 Å². The van der Waals surface area contributed by atoms with Crippen molar-refractivity contribution in [2.45, 2.75) is 39.4 Å². The Kier molecular flexibility index (Phi) is 128. The van der Waals surface area contributed by atoms with Crippen molar-refractivity contribution < 1.29 is 17.0 Å². The molecule has 0 saturated heterocycles. The van der Waals surface area contributed by atoms with E-state index in [1.54, 1.807) is 0 Å². The second-order valence-corrected chi connectivity index (χ2v) is 7.59. The Bertz CT molecular complexity index is 154. The summed E-state index contributed by atoms with van der Waals surface area (Å²) in [6.45, 7) is 9.98. The molecule has 0 bridgehead atoms. The van der Waals surface area contributed by atoms with Gasteiger partial charge >= 0.3 is 35.6 Å². The molecule has 1 nitrogen and oxygen atoms in total. The molecular formula is C17H40Cl2NSiTi-8. The van der Waals surface area contributed by atoms with E-state index < -0.39 is 17.0 Å². The van der Waals surface area contributed by atoms with Crippen molar-refractivity contribution in [3.05, 3.63) is 80.6 Å². The third-order valence-corrected chi connectivity index (χ3v) is 0.556. The zero-order valence-corrected chi connectivity index (χ0v) is 20.9. The number of hydrogen-bond acceptors (Lipinski definition) is 0. The molecule has 1 radical (unpaired) electrons. The predicted octanol–water partition coefficient (Wildman–Crippen LogP) is 7.84. The van der Waals surface area contributed by atoms with Gasteiger partial charge in [-0.15, -0.1) is 5.54 Å². The summed E-state index contributed by atoms with van der Waals surface area (Å²) in [5.74, 6) is 0. The monoisotopic (exact) mass is 404 g/mol. The fourth-order valence-electron chi connectivity index (χ4n) is 0.321. The van der Waals surface area contributed by atoms with Crippen molar-refractivity contribution in [3.8, 4) is 0 Å². The van der Waals surface area contributed by atoms with Crippen LogP contribution in [-0.4, -0.2) is 15.1 Å². The molecule has 22 heavy (non-hydrogen) atoms. The zero-order valence-electron chi connectivity index (χ0n) is 16.7. The van der Waals surface area contributed by atoms with Crippen LogP contribution in [0, 0.1) is 44.6 Å². The van der Waals surface area contributed by atoms with E-state index >= 15 is 0 Å². The van der Waals surface area contributed by atoms with Gasteiger partial charge in [0.25, 0.3) is 0 Å². The van der Waals surface area contributed by atoms with Crippen molar-refractivity contribution in [1.82, 2.24) is 0 Å². The molecule has 0 aliphatic carbocycles. The van der Waals surface area contributed by atoms with Gasteiger partial charge in [0, 0.05) is 9.52 Å². The van der Waals surface area contributed by atoms with E-state index in [0.717, 1.165) is 9.52 Å². The number of hydrogen-bond donors (Lipinski definition) is 0. The van der Waals surface area contributed by atoms with E-state index in [1.807, 2.05) is 51.1 Å². The van der Waals surface area contributed by atoms with E-state index in [2.05, 4.69) is 13.1 Å². The van der Waals surface area contributed by atoms with Crippen LogP contribution in [0.3, 0.4) is 0 Å². The number of nitrogens with one attached hydrogen (secondary N) is 1. The minimum Gasteiger partial charge on any atom is -0.214 e. The molecular weight excluding hydrogens is 365 g/mol. The second kappa shape index (κ2) is 49.5. The molecule has 0 atom stereocenters. The minimum atomic E-state index is -0.556. The van der Waals surface area contributed by atoms with E-state index in [4.69, 9.17) is 24.3 Å². The van der Waals surface area contributed by atoms with Crippen LogP contribution in [0.15, 0.2) is 30.3 Å². The molecule has 143 valence electrons. The summed E-state index contributed by atoms with van der Waals surface area (Å²) in [4.78, 5) is 0. The second-order valence-electron chi connectivity index (χ2n) is 3.86. The van der Waals surface area contributed by atoms with Gasteiger partial charge in [0.2, 0.25) is 0 Å². The predicted molar refractivity (Wildman–Crippen MR) is 115 cm³/mol. The average molecular weight is 405 g/mol. The number of halogens is 2. The van der Waals surface area contributed by atoms with Gasteiger partial charge in [0.1, 0.15) is 0 Å². The quantitative estimate of drug-likeness (QED) is 0.310. The molecule has 1 rings (SSSR count). The fourth-order valence-corrected chi connectivity index (χ4v) is 0.321. The summed E-state index contributed by atoms with van der Waals surface area (Å²) in [5.41, 5.74) is 6.69. The summed E-state index contributed by atoms with van der Waals surface area (Å²) < 4.78 is 0. The first-order valence-corrected chi connectivity index (χ1v) is 11.6. The summed E-state index contributed by atoms with van der Waals surface area (Å²) in [6.07, 6.45) is 0. The van der Waals surface area contributed by atoms with Crippen LogP contribution in [0.5, 0.6) is 0 Å². The van der Waals surface area contributed by atoms with Crippen LogP contribution in [0.4, 0.5) is 0 Å². The smallest absolute Gasteiger partial charge is 0.172 e. The maximum atomic E-state index is 6.94. The van der Waals surface area contributed by atoms with Gasteiger partial charge in [0.05, 0.1) is 0 Å². The van der Waals surface area contributed by atoms with Gasteiger partial charge in [-0.25, -0.2) is 12.1 Å². The summed E-state index contributed by atoms with van der Waals surface area (Å²) in [6, 6.07) is 10.0. The summed E-state index contributed by atoms with van der Waals surface area (Å²) in [5, 5.41) is 0. The maximum Gasteiger partial charge on any atom is -0.172 e. The Hall–Kier alpha value is 0.821. The molecule has 0 spiro atoms. The Labute approximate surface area is 164 Å². The van der Waals surface area contributed by atoms with Crippen molar-refractivity contribution in [3.63, 3.8) is 0 Å². The van der Waals surface area contributed by atoms with E-state index in [-0.39, 0.29) is 50.1 Å². The molecule has 0 fully saturated rings. The Balaban J connectivity index is -0.0000000137. The van der Waals surface area contributed by atoms with Crippen LogP contribution in [0.2, 0.25) is 13.1 Å². The van der Waals surface area contributed by atoms with Crippen molar-refractivity contribution in [1.29, 1.82) is 0 Å². The molecule has 1 N–H and O–H groups in total. The Morgan fingerprint density at radius 3 is 1.05 bits per heavy atom. The molecule has 1 aromatic carbocycles. The molecule has 0 aliphatic rings. The van der Waals surface area contributed by atoms with Crippen LogP contribution in [-0.2, 0) is 17.0 Å². The van der Waals surface area contributed by atoms with E-state index in [9.17, 15) is 0 Å². The normalized spacial score (nSPS) is 6.00. The van der Waals surface area contributed by atoms with E-state index in [0.29, 0.717) is 0 Å². The SMILES string of the molecule is CC(C)(C)[NH-].C[SiH]C.[CH3-].[CH3-].[CH3-].[CH3-].[CH3-].[CH3-].[Cl][Ti][Cl].c1cc[cH-]c1. The van der Waals surface area contributed by atoms with Crippen LogP contribution in [0.1, 0.15) is 20.8 Å². The van der Waals surface area contributed by atoms with Crippen molar-refractivity contribution in [2.24, 2.45) is 0 Å². The number of rotatable bonds is 0. The van der Waals surface area contributed by atoms with Gasteiger partial charge in [-0.1, -0.05) is 33.9 Å². The Morgan fingerprint density at radius 1 is 0.864 bits per heavy atom. The first-order chi connectivity index (χ1) is 7.33. The average Bonchev–Trinajstić information content (AvgIpc) is 2.58. The molecule has 1 aromatic rings. The van der Waals surface area contributed by atoms with Gasteiger partial charge in [0.15, 0.2) is 0 Å². The van der Waals surface area contributed by atoms with Crippen LogP contribution < -0.4 is 0 Å². The van der Waals surface area contributed by atoms with Crippen molar-refractivity contribution in [2.75, 3.05) is 0 Å². The zero-order chi connectivity index (χ0) is 13.4. The van der Waals surface area contributed by atoms with Crippen LogP contribution in [0.25, 0.3) is 5.73 Å². The fraction of sp³-hybridized carbons (Fsp3) is 0.353. The van der Waals surface area contributed by atoms with Crippen LogP contribution >= 0.6 is 18.6 Å². The third kappa shape index (κ3) is 241. The van der Waals surface area contributed by atoms with Gasteiger partial charge in [-0.2, -0.15) is 18.2 Å².